The summed E-state index contributed by atoms with van der Waals surface area (Å²) in [4.78, 5) is 6.52. The van der Waals surface area contributed by atoms with Crippen molar-refractivity contribution in [2.75, 3.05) is 12.4 Å². The van der Waals surface area contributed by atoms with Crippen LogP contribution in [-0.2, 0) is 6.61 Å². The molecule has 29 heavy (non-hydrogen) atoms. The zero-order chi connectivity index (χ0) is 20.1. The van der Waals surface area contributed by atoms with E-state index in [1.54, 1.807) is 12.3 Å². The van der Waals surface area contributed by atoms with Crippen molar-refractivity contribution in [3.8, 4) is 5.75 Å². The summed E-state index contributed by atoms with van der Waals surface area (Å²) in [6.07, 6.45) is 3.51. The minimum atomic E-state index is -0.389. The van der Waals surface area contributed by atoms with Gasteiger partial charge in [-0.15, -0.1) is 0 Å². The highest BCUT2D eigenvalue weighted by Gasteiger charge is 2.16. The van der Waals surface area contributed by atoms with Gasteiger partial charge < -0.3 is 15.0 Å². The number of aliphatic imine (C=N–C) groups is 1. The van der Waals surface area contributed by atoms with Gasteiger partial charge in [-0.3, -0.25) is 0 Å². The molecule has 1 unspecified atom stereocenters. The van der Waals surface area contributed by atoms with E-state index in [0.29, 0.717) is 6.61 Å². The van der Waals surface area contributed by atoms with Crippen molar-refractivity contribution in [1.82, 2.24) is 4.90 Å². The molecule has 0 spiro atoms. The number of allylic oxidation sites excluding steroid dienone is 1. The maximum atomic E-state index is 14.5. The highest BCUT2D eigenvalue weighted by atomic mass is 19.1. The molecular weight excluding hydrogens is 365 g/mol. The van der Waals surface area contributed by atoms with Crippen LogP contribution < -0.4 is 10.1 Å². The minimum Gasteiger partial charge on any atom is -0.486 e. The Morgan fingerprint density at radius 2 is 1.72 bits per heavy atom. The topological polar surface area (TPSA) is 36.9 Å². The van der Waals surface area contributed by atoms with Crippen molar-refractivity contribution in [1.29, 1.82) is 0 Å². The first-order valence-electron chi connectivity index (χ1n) is 9.44. The third-order valence-corrected chi connectivity index (χ3v) is 4.66. The van der Waals surface area contributed by atoms with Crippen LogP contribution in [0.3, 0.4) is 0 Å². The molecule has 0 aromatic heterocycles. The number of benzene rings is 3. The molecule has 0 bridgehead atoms. The molecule has 4 rings (SSSR count). The van der Waals surface area contributed by atoms with E-state index in [1.807, 2.05) is 84.9 Å². The number of hydrogen-bond donors (Lipinski definition) is 1. The van der Waals surface area contributed by atoms with Crippen molar-refractivity contribution in [2.24, 2.45) is 4.99 Å². The molecule has 0 aliphatic carbocycles. The van der Waals surface area contributed by atoms with Gasteiger partial charge in [0.15, 0.2) is 17.9 Å². The third kappa shape index (κ3) is 4.63. The Hall–Kier alpha value is -3.60. The summed E-state index contributed by atoms with van der Waals surface area (Å²) in [5, 5.41) is 3.34. The van der Waals surface area contributed by atoms with Gasteiger partial charge in [0.25, 0.3) is 0 Å². The maximum Gasteiger partial charge on any atom is 0.195 e. The lowest BCUT2D eigenvalue weighted by molar-refractivity contribution is 0.290. The van der Waals surface area contributed by atoms with Gasteiger partial charge in [-0.1, -0.05) is 54.6 Å². The summed E-state index contributed by atoms with van der Waals surface area (Å²) < 4.78 is 20.2. The first-order valence-corrected chi connectivity index (χ1v) is 9.44. The van der Waals surface area contributed by atoms with E-state index >= 15 is 0 Å². The van der Waals surface area contributed by atoms with Crippen molar-refractivity contribution >= 4 is 17.5 Å². The van der Waals surface area contributed by atoms with Gasteiger partial charge in [0.1, 0.15) is 6.61 Å². The van der Waals surface area contributed by atoms with Crippen LogP contribution in [0.1, 0.15) is 11.1 Å². The number of nitrogens with one attached hydrogen (secondary N) is 1. The Kier molecular flexibility index (Phi) is 5.56. The predicted molar refractivity (Wildman–Crippen MR) is 115 cm³/mol. The van der Waals surface area contributed by atoms with E-state index in [4.69, 9.17) is 4.74 Å². The van der Waals surface area contributed by atoms with Gasteiger partial charge in [0, 0.05) is 30.7 Å². The molecule has 0 saturated heterocycles. The van der Waals surface area contributed by atoms with Crippen LogP contribution in [-0.4, -0.2) is 24.5 Å². The van der Waals surface area contributed by atoms with Crippen molar-refractivity contribution in [2.45, 2.75) is 12.9 Å². The first kappa shape index (κ1) is 18.7. The number of hydrogen-bond acceptors (Lipinski definition) is 4. The molecule has 1 aliphatic rings. The summed E-state index contributed by atoms with van der Waals surface area (Å²) in [5.74, 6) is -0.150. The lowest BCUT2D eigenvalue weighted by Crippen LogP contribution is -2.35. The molecule has 1 atom stereocenters. The Bertz CT molecular complexity index is 1020. The molecule has 1 heterocycles. The van der Waals surface area contributed by atoms with Gasteiger partial charge in [-0.05, 0) is 35.4 Å². The molecule has 1 aliphatic heterocycles. The van der Waals surface area contributed by atoms with Crippen LogP contribution in [0.15, 0.2) is 90.1 Å². The van der Waals surface area contributed by atoms with E-state index in [2.05, 4.69) is 10.3 Å². The van der Waals surface area contributed by atoms with Crippen LogP contribution in [0.4, 0.5) is 10.1 Å². The minimum absolute atomic E-state index is 0.209. The Morgan fingerprint density at radius 1 is 1.00 bits per heavy atom. The second-order valence-corrected chi connectivity index (χ2v) is 6.83. The maximum absolute atomic E-state index is 14.5. The fourth-order valence-corrected chi connectivity index (χ4v) is 3.08. The van der Waals surface area contributed by atoms with E-state index in [0.717, 1.165) is 22.4 Å². The first-order chi connectivity index (χ1) is 14.2. The highest BCUT2D eigenvalue weighted by Crippen LogP contribution is 2.25. The third-order valence-electron chi connectivity index (χ3n) is 4.66. The summed E-state index contributed by atoms with van der Waals surface area (Å²) in [6.45, 7) is 0.330. The molecule has 0 amide bonds. The Morgan fingerprint density at radius 3 is 2.41 bits per heavy atom. The van der Waals surface area contributed by atoms with Crippen LogP contribution in [0.2, 0.25) is 0 Å². The fraction of sp³-hybridized carbons (Fsp3) is 0.125. The van der Waals surface area contributed by atoms with Gasteiger partial charge in [-0.25, -0.2) is 9.38 Å². The number of anilines is 1. The van der Waals surface area contributed by atoms with Crippen LogP contribution in [0, 0.1) is 5.82 Å². The number of para-hydroxylation sites is 1. The van der Waals surface area contributed by atoms with E-state index < -0.39 is 0 Å². The average Bonchev–Trinajstić information content (AvgIpc) is 2.76. The van der Waals surface area contributed by atoms with Gasteiger partial charge in [-0.2, -0.15) is 0 Å². The fourth-order valence-electron chi connectivity index (χ4n) is 3.08. The zero-order valence-electron chi connectivity index (χ0n) is 16.1. The lowest BCUT2D eigenvalue weighted by Gasteiger charge is -2.29. The summed E-state index contributed by atoms with van der Waals surface area (Å²) in [5.41, 5.74) is 3.58. The van der Waals surface area contributed by atoms with E-state index in [9.17, 15) is 4.39 Å². The molecule has 3 aromatic carbocycles. The Balaban J connectivity index is 1.43. The molecule has 4 nitrogen and oxygen atoms in total. The van der Waals surface area contributed by atoms with Gasteiger partial charge >= 0.3 is 0 Å². The van der Waals surface area contributed by atoms with Crippen molar-refractivity contribution in [3.63, 3.8) is 0 Å². The molecule has 0 fully saturated rings. The summed E-state index contributed by atoms with van der Waals surface area (Å²) in [6, 6.07) is 24.6. The monoisotopic (exact) mass is 387 g/mol. The lowest BCUT2D eigenvalue weighted by atomic mass is 10.1. The van der Waals surface area contributed by atoms with Gasteiger partial charge in [0.05, 0.1) is 0 Å². The smallest absolute Gasteiger partial charge is 0.195 e. The molecule has 0 saturated carbocycles. The molecule has 0 radical (unpaired) electrons. The van der Waals surface area contributed by atoms with Crippen LogP contribution in [0.25, 0.3) is 5.57 Å². The number of halogens is 1. The predicted octanol–water partition coefficient (Wildman–Crippen LogP) is 5.16. The van der Waals surface area contributed by atoms with Crippen molar-refractivity contribution in [3.05, 3.63) is 102 Å². The molecular formula is C24H22FN3O. The highest BCUT2D eigenvalue weighted by molar-refractivity contribution is 6.10. The summed E-state index contributed by atoms with van der Waals surface area (Å²) >= 11 is 0. The van der Waals surface area contributed by atoms with Gasteiger partial charge in [0.2, 0.25) is 0 Å². The molecule has 3 aromatic rings. The molecule has 5 heteroatoms. The average molecular weight is 387 g/mol. The zero-order valence-corrected chi connectivity index (χ0v) is 16.1. The second kappa shape index (κ2) is 8.61. The van der Waals surface area contributed by atoms with E-state index in [-0.39, 0.29) is 17.9 Å². The van der Waals surface area contributed by atoms with E-state index in [1.165, 1.54) is 6.07 Å². The molecule has 146 valence electrons. The van der Waals surface area contributed by atoms with Crippen molar-refractivity contribution < 1.29 is 9.13 Å². The number of nitrogens with zero attached hydrogens (tertiary/aromatic N) is 2. The number of ether oxygens (including phenoxy) is 1. The largest absolute Gasteiger partial charge is 0.486 e. The number of rotatable bonds is 6. The summed E-state index contributed by atoms with van der Waals surface area (Å²) in [7, 11) is 1.94. The van der Waals surface area contributed by atoms with Crippen LogP contribution in [0.5, 0.6) is 5.75 Å². The second-order valence-electron chi connectivity index (χ2n) is 6.83. The quantitative estimate of drug-likeness (QED) is 0.635. The van der Waals surface area contributed by atoms with Crippen LogP contribution >= 0.6 is 0 Å². The Labute approximate surface area is 170 Å². The SMILES string of the molecule is CN1C=C(c2ccc(OCc3ccccc3)c(F)c2)C=NC1Nc1ccccc1. The molecule has 1 N–H and O–H groups in total. The normalized spacial score (nSPS) is 15.7. The standard InChI is InChI=1S/C24H22FN3O/c1-28-16-20(15-26-24(28)27-21-10-6-3-7-11-21)19-12-13-23(22(25)14-19)29-17-18-8-4-2-5-9-18/h2-16,24,27H,17H2,1H3.